The zero-order valence-electron chi connectivity index (χ0n) is 12.1. The van der Waals surface area contributed by atoms with Gasteiger partial charge in [-0.3, -0.25) is 9.59 Å². The molecule has 5 heteroatoms. The highest BCUT2D eigenvalue weighted by Crippen LogP contribution is 2.19. The van der Waals surface area contributed by atoms with Crippen LogP contribution in [-0.4, -0.2) is 23.0 Å². The summed E-state index contributed by atoms with van der Waals surface area (Å²) in [4.78, 5) is 22.4. The number of benzene rings is 1. The fourth-order valence-electron chi connectivity index (χ4n) is 1.62. The van der Waals surface area contributed by atoms with Crippen molar-refractivity contribution in [2.24, 2.45) is 11.1 Å². The number of amides is 1. The first kappa shape index (κ1) is 16.2. The number of carbonyl (C=O) groups is 2. The third kappa shape index (κ3) is 5.01. The highest BCUT2D eigenvalue weighted by Gasteiger charge is 2.27. The molecule has 110 valence electrons. The Morgan fingerprint density at radius 2 is 1.80 bits per heavy atom. The van der Waals surface area contributed by atoms with Gasteiger partial charge in [-0.15, -0.1) is 0 Å². The lowest BCUT2D eigenvalue weighted by atomic mass is 9.87. The number of carboxylic acids is 1. The average Bonchev–Trinajstić information content (AvgIpc) is 2.35. The van der Waals surface area contributed by atoms with E-state index in [-0.39, 0.29) is 17.7 Å². The van der Waals surface area contributed by atoms with E-state index in [4.69, 9.17) is 10.8 Å². The van der Waals surface area contributed by atoms with Gasteiger partial charge < -0.3 is 16.2 Å². The number of carbonyl (C=O) groups excluding carboxylic acids is 1. The van der Waals surface area contributed by atoms with E-state index in [1.54, 1.807) is 24.3 Å². The zero-order chi connectivity index (χ0) is 15.3. The van der Waals surface area contributed by atoms with E-state index in [0.29, 0.717) is 12.1 Å². The first-order valence-electron chi connectivity index (χ1n) is 6.57. The summed E-state index contributed by atoms with van der Waals surface area (Å²) >= 11 is 0. The Bertz CT molecular complexity index is 475. The Kier molecular flexibility index (Phi) is 5.27. The molecule has 0 aliphatic rings. The molecular weight excluding hydrogens is 256 g/mol. The predicted octanol–water partition coefficient (Wildman–Crippen LogP) is 2.02. The van der Waals surface area contributed by atoms with Crippen LogP contribution in [0.3, 0.4) is 0 Å². The van der Waals surface area contributed by atoms with Crippen molar-refractivity contribution in [3.63, 3.8) is 0 Å². The number of aryl methyl sites for hydroxylation is 1. The van der Waals surface area contributed by atoms with Gasteiger partial charge in [0.05, 0.1) is 6.04 Å². The maximum Gasteiger partial charge on any atom is 0.303 e. The van der Waals surface area contributed by atoms with E-state index in [1.807, 2.05) is 20.8 Å². The molecule has 0 fully saturated rings. The van der Waals surface area contributed by atoms with Gasteiger partial charge in [-0.1, -0.05) is 32.9 Å². The minimum atomic E-state index is -0.821. The van der Waals surface area contributed by atoms with E-state index >= 15 is 0 Å². The summed E-state index contributed by atoms with van der Waals surface area (Å²) in [6.07, 6.45) is 0.575. The van der Waals surface area contributed by atoms with Gasteiger partial charge in [0.15, 0.2) is 0 Å². The zero-order valence-corrected chi connectivity index (χ0v) is 12.1. The topological polar surface area (TPSA) is 92.4 Å². The fourth-order valence-corrected chi connectivity index (χ4v) is 1.62. The molecule has 0 heterocycles. The number of hydrogen-bond donors (Lipinski definition) is 3. The number of aliphatic carboxylic acids is 1. The number of nitrogens with one attached hydrogen (secondary N) is 1. The van der Waals surface area contributed by atoms with Crippen molar-refractivity contribution in [1.29, 1.82) is 0 Å². The summed E-state index contributed by atoms with van der Waals surface area (Å²) in [5, 5.41) is 11.4. The lowest BCUT2D eigenvalue weighted by molar-refractivity contribution is -0.137. The van der Waals surface area contributed by atoms with Gasteiger partial charge in [0.25, 0.3) is 0 Å². The summed E-state index contributed by atoms with van der Waals surface area (Å²) in [6.45, 7) is 5.73. The molecule has 0 saturated heterocycles. The maximum atomic E-state index is 11.9. The second-order valence-corrected chi connectivity index (χ2v) is 5.92. The molecule has 4 N–H and O–H groups in total. The molecule has 0 radical (unpaired) electrons. The predicted molar refractivity (Wildman–Crippen MR) is 78.5 cm³/mol. The van der Waals surface area contributed by atoms with Crippen molar-refractivity contribution in [2.45, 2.75) is 39.7 Å². The molecule has 0 aliphatic heterocycles. The fraction of sp³-hybridized carbons (Fsp3) is 0.467. The summed E-state index contributed by atoms with van der Waals surface area (Å²) in [5.41, 5.74) is 7.16. The molecule has 0 spiro atoms. The normalized spacial score (nSPS) is 12.8. The van der Waals surface area contributed by atoms with Gasteiger partial charge in [0.2, 0.25) is 5.91 Å². The number of carboxylic acid groups (broad SMARTS) is 1. The number of nitrogens with two attached hydrogens (primary N) is 1. The summed E-state index contributed by atoms with van der Waals surface area (Å²) in [5.74, 6) is -1.05. The van der Waals surface area contributed by atoms with Crippen molar-refractivity contribution in [2.75, 3.05) is 5.32 Å². The summed E-state index contributed by atoms with van der Waals surface area (Å²) < 4.78 is 0. The second kappa shape index (κ2) is 6.52. The molecular formula is C15H22N2O3. The lowest BCUT2D eigenvalue weighted by Gasteiger charge is -2.25. The van der Waals surface area contributed by atoms with E-state index in [1.165, 1.54) is 0 Å². The molecule has 1 amide bonds. The van der Waals surface area contributed by atoms with Gasteiger partial charge >= 0.3 is 5.97 Å². The Labute approximate surface area is 119 Å². The first-order valence-corrected chi connectivity index (χ1v) is 6.57. The molecule has 0 bridgehead atoms. The third-order valence-electron chi connectivity index (χ3n) is 3.06. The monoisotopic (exact) mass is 278 g/mol. The van der Waals surface area contributed by atoms with Crippen LogP contribution in [0, 0.1) is 5.41 Å². The third-order valence-corrected chi connectivity index (χ3v) is 3.06. The second-order valence-electron chi connectivity index (χ2n) is 5.92. The van der Waals surface area contributed by atoms with E-state index in [0.717, 1.165) is 5.56 Å². The van der Waals surface area contributed by atoms with Crippen LogP contribution in [-0.2, 0) is 16.0 Å². The number of rotatable bonds is 5. The van der Waals surface area contributed by atoms with Crippen LogP contribution in [0.5, 0.6) is 0 Å². The van der Waals surface area contributed by atoms with Gasteiger partial charge in [0.1, 0.15) is 0 Å². The minimum Gasteiger partial charge on any atom is -0.481 e. The Balaban J connectivity index is 2.61. The highest BCUT2D eigenvalue weighted by atomic mass is 16.4. The standard InChI is InChI=1S/C15H22N2O3/c1-15(2,3)13(16)14(20)17-11-7-4-10(5-8-11)6-9-12(18)19/h4-5,7-8,13H,6,9,16H2,1-3H3,(H,17,20)(H,18,19)/t13-/m0/s1. The molecule has 0 aliphatic carbocycles. The van der Waals surface area contributed by atoms with Crippen molar-refractivity contribution >= 4 is 17.6 Å². The maximum absolute atomic E-state index is 11.9. The van der Waals surface area contributed by atoms with Crippen LogP contribution >= 0.6 is 0 Å². The van der Waals surface area contributed by atoms with Crippen LogP contribution in [0.15, 0.2) is 24.3 Å². The van der Waals surface area contributed by atoms with Crippen molar-refractivity contribution in [3.05, 3.63) is 29.8 Å². The average molecular weight is 278 g/mol. The van der Waals surface area contributed by atoms with Crippen LogP contribution in [0.25, 0.3) is 0 Å². The van der Waals surface area contributed by atoms with Crippen LogP contribution < -0.4 is 11.1 Å². The molecule has 0 unspecified atom stereocenters. The first-order chi connectivity index (χ1) is 9.20. The molecule has 1 rings (SSSR count). The molecule has 0 aromatic heterocycles. The molecule has 20 heavy (non-hydrogen) atoms. The number of hydrogen-bond acceptors (Lipinski definition) is 3. The Morgan fingerprint density at radius 1 is 1.25 bits per heavy atom. The van der Waals surface area contributed by atoms with Crippen molar-refractivity contribution in [3.8, 4) is 0 Å². The minimum absolute atomic E-state index is 0.0978. The van der Waals surface area contributed by atoms with Gasteiger partial charge in [0, 0.05) is 12.1 Å². The smallest absolute Gasteiger partial charge is 0.303 e. The summed E-state index contributed by atoms with van der Waals surface area (Å²) in [6, 6.07) is 6.53. The van der Waals surface area contributed by atoms with Crippen molar-refractivity contribution in [1.82, 2.24) is 0 Å². The van der Waals surface area contributed by atoms with Crippen LogP contribution in [0.1, 0.15) is 32.8 Å². The Morgan fingerprint density at radius 3 is 2.25 bits per heavy atom. The molecule has 1 aromatic carbocycles. The quantitative estimate of drug-likeness (QED) is 0.768. The van der Waals surface area contributed by atoms with Crippen LogP contribution in [0.4, 0.5) is 5.69 Å². The molecule has 0 saturated carbocycles. The largest absolute Gasteiger partial charge is 0.481 e. The number of anilines is 1. The van der Waals surface area contributed by atoms with Crippen molar-refractivity contribution < 1.29 is 14.7 Å². The van der Waals surface area contributed by atoms with E-state index < -0.39 is 12.0 Å². The van der Waals surface area contributed by atoms with Gasteiger partial charge in [-0.25, -0.2) is 0 Å². The van der Waals surface area contributed by atoms with Crippen LogP contribution in [0.2, 0.25) is 0 Å². The summed E-state index contributed by atoms with van der Waals surface area (Å²) in [7, 11) is 0. The highest BCUT2D eigenvalue weighted by molar-refractivity contribution is 5.95. The Hall–Kier alpha value is -1.88. The SMILES string of the molecule is CC(C)(C)[C@@H](N)C(=O)Nc1ccc(CCC(=O)O)cc1. The molecule has 1 aromatic rings. The lowest BCUT2D eigenvalue weighted by Crippen LogP contribution is -2.45. The van der Waals surface area contributed by atoms with Gasteiger partial charge in [-0.05, 0) is 29.5 Å². The van der Waals surface area contributed by atoms with Gasteiger partial charge in [-0.2, -0.15) is 0 Å². The van der Waals surface area contributed by atoms with E-state index in [2.05, 4.69) is 5.32 Å². The van der Waals surface area contributed by atoms with E-state index in [9.17, 15) is 9.59 Å². The molecule has 5 nitrogen and oxygen atoms in total. The molecule has 1 atom stereocenters.